The van der Waals surface area contributed by atoms with Gasteiger partial charge in [0.05, 0.1) is 0 Å². The Bertz CT molecular complexity index is 533. The third-order valence-electron chi connectivity index (χ3n) is 4.46. The maximum atomic E-state index is 2.36. The molecule has 0 unspecified atom stereocenters. The molecule has 0 atom stereocenters. The zero-order chi connectivity index (χ0) is 16.2. The summed E-state index contributed by atoms with van der Waals surface area (Å²) < 4.78 is 2.36. The van der Waals surface area contributed by atoms with Crippen molar-refractivity contribution in [1.29, 1.82) is 0 Å². The number of hydrogen-bond acceptors (Lipinski definition) is 0. The lowest BCUT2D eigenvalue weighted by Gasteiger charge is -2.03. The molecule has 0 fully saturated rings. The molecule has 1 nitrogen and oxygen atoms in total. The number of rotatable bonds is 11. The summed E-state index contributed by atoms with van der Waals surface area (Å²) in [5.41, 5.74) is 2.93. The molecule has 1 heterocycles. The first-order valence-corrected chi connectivity index (χ1v) is 9.40. The lowest BCUT2D eigenvalue weighted by Crippen LogP contribution is -2.33. The normalized spacial score (nSPS) is 10.8. The fourth-order valence-electron chi connectivity index (χ4n) is 3.08. The van der Waals surface area contributed by atoms with Crippen LogP contribution in [0, 0.1) is 0 Å². The Kier molecular flexibility index (Phi) is 8.47. The average Bonchev–Trinajstić information content (AvgIpc) is 2.59. The maximum Gasteiger partial charge on any atom is 0.171 e. The van der Waals surface area contributed by atoms with E-state index in [0.29, 0.717) is 0 Å². The minimum Gasteiger partial charge on any atom is -0.205 e. The van der Waals surface area contributed by atoms with Crippen LogP contribution in [0.5, 0.6) is 0 Å². The molecule has 0 aliphatic rings. The van der Waals surface area contributed by atoms with Crippen molar-refractivity contribution in [2.24, 2.45) is 0 Å². The molecule has 1 aromatic carbocycles. The second kappa shape index (κ2) is 11.0. The van der Waals surface area contributed by atoms with Gasteiger partial charge in [0.15, 0.2) is 12.4 Å². The number of aryl methyl sites for hydroxylation is 3. The molecule has 0 N–H and O–H groups in total. The molecule has 0 saturated heterocycles. The van der Waals surface area contributed by atoms with Gasteiger partial charge < -0.3 is 0 Å². The van der Waals surface area contributed by atoms with Gasteiger partial charge in [0, 0.05) is 18.1 Å². The smallest absolute Gasteiger partial charge is 0.171 e. The quantitative estimate of drug-likeness (QED) is 0.380. The molecule has 23 heavy (non-hydrogen) atoms. The molecule has 2 aromatic rings. The standard InChI is InChI=1S/C22H32N/c1-2-3-4-5-6-8-15-22-17-12-19-23(20-22)18-11-16-21-13-9-7-10-14-21/h7,9-10,12-14,17,19-20H,2-6,8,11,15-16,18H2,1H3/q+1. The van der Waals surface area contributed by atoms with Crippen LogP contribution in [0.2, 0.25) is 0 Å². The lowest BCUT2D eigenvalue weighted by atomic mass is 10.1. The van der Waals surface area contributed by atoms with Gasteiger partial charge in [-0.3, -0.25) is 0 Å². The Hall–Kier alpha value is -1.63. The summed E-state index contributed by atoms with van der Waals surface area (Å²) in [7, 11) is 0. The van der Waals surface area contributed by atoms with E-state index in [1.54, 1.807) is 0 Å². The minimum atomic E-state index is 1.11. The van der Waals surface area contributed by atoms with E-state index in [-0.39, 0.29) is 0 Å². The van der Waals surface area contributed by atoms with Gasteiger partial charge in [-0.05, 0) is 30.9 Å². The fraction of sp³-hybridized carbons (Fsp3) is 0.500. The largest absolute Gasteiger partial charge is 0.205 e. The topological polar surface area (TPSA) is 3.88 Å². The lowest BCUT2D eigenvalue weighted by molar-refractivity contribution is -0.697. The molecular weight excluding hydrogens is 278 g/mol. The molecule has 0 aliphatic heterocycles. The van der Waals surface area contributed by atoms with Gasteiger partial charge in [-0.15, -0.1) is 0 Å². The van der Waals surface area contributed by atoms with Crippen molar-refractivity contribution in [2.75, 3.05) is 0 Å². The number of hydrogen-bond donors (Lipinski definition) is 0. The van der Waals surface area contributed by atoms with Crippen molar-refractivity contribution in [3.8, 4) is 0 Å². The highest BCUT2D eigenvalue weighted by Gasteiger charge is 2.03. The van der Waals surface area contributed by atoms with Gasteiger partial charge in [-0.2, -0.15) is 0 Å². The Morgan fingerprint density at radius 1 is 0.696 bits per heavy atom. The summed E-state index contributed by atoms with van der Waals surface area (Å²) in [6.07, 6.45) is 16.4. The van der Waals surface area contributed by atoms with Crippen LogP contribution >= 0.6 is 0 Å². The van der Waals surface area contributed by atoms with Crippen LogP contribution in [0.25, 0.3) is 0 Å². The van der Waals surface area contributed by atoms with Gasteiger partial charge in [0.2, 0.25) is 0 Å². The zero-order valence-electron chi connectivity index (χ0n) is 14.7. The number of pyridine rings is 1. The minimum absolute atomic E-state index is 1.11. The second-order valence-corrected chi connectivity index (χ2v) is 6.56. The van der Waals surface area contributed by atoms with Gasteiger partial charge in [-0.1, -0.05) is 69.4 Å². The van der Waals surface area contributed by atoms with Gasteiger partial charge in [0.25, 0.3) is 0 Å². The predicted octanol–water partition coefficient (Wildman–Crippen LogP) is 5.51. The van der Waals surface area contributed by atoms with E-state index < -0.39 is 0 Å². The predicted molar refractivity (Wildman–Crippen MR) is 98.5 cm³/mol. The first kappa shape index (κ1) is 17.7. The molecule has 2 rings (SSSR count). The molecule has 0 saturated carbocycles. The van der Waals surface area contributed by atoms with E-state index in [1.807, 2.05) is 0 Å². The van der Waals surface area contributed by atoms with Crippen LogP contribution in [-0.4, -0.2) is 0 Å². The molecule has 1 aromatic heterocycles. The summed E-state index contributed by atoms with van der Waals surface area (Å²) in [6.45, 7) is 3.39. The van der Waals surface area contributed by atoms with Gasteiger partial charge in [-0.25, -0.2) is 4.57 Å². The number of nitrogens with zero attached hydrogens (tertiary/aromatic N) is 1. The van der Waals surface area contributed by atoms with E-state index in [1.165, 1.54) is 62.5 Å². The Morgan fingerprint density at radius 3 is 2.22 bits per heavy atom. The zero-order valence-corrected chi connectivity index (χ0v) is 14.7. The third-order valence-corrected chi connectivity index (χ3v) is 4.46. The molecular formula is C22H32N+. The maximum absolute atomic E-state index is 2.36. The van der Waals surface area contributed by atoms with Crippen LogP contribution < -0.4 is 4.57 Å². The van der Waals surface area contributed by atoms with Gasteiger partial charge in [0.1, 0.15) is 6.54 Å². The molecule has 124 valence electrons. The fourth-order valence-corrected chi connectivity index (χ4v) is 3.08. The average molecular weight is 311 g/mol. The van der Waals surface area contributed by atoms with Crippen LogP contribution in [0.15, 0.2) is 54.9 Å². The molecule has 0 amide bonds. The number of unbranched alkanes of at least 4 members (excludes halogenated alkanes) is 5. The van der Waals surface area contributed by atoms with Crippen LogP contribution in [0.4, 0.5) is 0 Å². The molecule has 0 aliphatic carbocycles. The summed E-state index contributed by atoms with van der Waals surface area (Å²) >= 11 is 0. The summed E-state index contributed by atoms with van der Waals surface area (Å²) in [5.74, 6) is 0. The Balaban J connectivity index is 1.67. The Labute approximate surface area is 142 Å². The number of benzene rings is 1. The molecule has 0 spiro atoms. The van der Waals surface area contributed by atoms with E-state index in [4.69, 9.17) is 0 Å². The summed E-state index contributed by atoms with van der Waals surface area (Å²) in [5, 5.41) is 0. The summed E-state index contributed by atoms with van der Waals surface area (Å²) in [4.78, 5) is 0. The third kappa shape index (κ3) is 7.45. The van der Waals surface area contributed by atoms with Crippen molar-refractivity contribution < 1.29 is 4.57 Å². The van der Waals surface area contributed by atoms with Crippen molar-refractivity contribution in [1.82, 2.24) is 0 Å². The highest BCUT2D eigenvalue weighted by Crippen LogP contribution is 2.09. The van der Waals surface area contributed by atoms with E-state index in [2.05, 4.69) is 66.3 Å². The van der Waals surface area contributed by atoms with Crippen molar-refractivity contribution in [3.05, 3.63) is 66.0 Å². The van der Waals surface area contributed by atoms with Crippen molar-refractivity contribution in [3.63, 3.8) is 0 Å². The van der Waals surface area contributed by atoms with E-state index >= 15 is 0 Å². The van der Waals surface area contributed by atoms with E-state index in [9.17, 15) is 0 Å². The second-order valence-electron chi connectivity index (χ2n) is 6.56. The van der Waals surface area contributed by atoms with Crippen LogP contribution in [0.3, 0.4) is 0 Å². The highest BCUT2D eigenvalue weighted by atomic mass is 14.9. The monoisotopic (exact) mass is 310 g/mol. The Morgan fingerprint density at radius 2 is 1.39 bits per heavy atom. The highest BCUT2D eigenvalue weighted by molar-refractivity contribution is 5.14. The van der Waals surface area contributed by atoms with Crippen molar-refractivity contribution >= 4 is 0 Å². The van der Waals surface area contributed by atoms with Crippen LogP contribution in [-0.2, 0) is 19.4 Å². The van der Waals surface area contributed by atoms with Crippen LogP contribution in [0.1, 0.15) is 63.0 Å². The molecule has 0 radical (unpaired) electrons. The summed E-state index contributed by atoms with van der Waals surface area (Å²) in [6, 6.07) is 15.3. The molecule has 1 heteroatoms. The first-order valence-electron chi connectivity index (χ1n) is 9.40. The SMILES string of the molecule is CCCCCCCCc1ccc[n+](CCCc2ccccc2)c1. The first-order chi connectivity index (χ1) is 11.4. The molecule has 0 bridgehead atoms. The van der Waals surface area contributed by atoms with Crippen molar-refractivity contribution in [2.45, 2.75) is 71.3 Å². The van der Waals surface area contributed by atoms with E-state index in [0.717, 1.165) is 13.0 Å². The van der Waals surface area contributed by atoms with Gasteiger partial charge >= 0.3 is 0 Å². The number of aromatic nitrogens is 1.